The van der Waals surface area contributed by atoms with Gasteiger partial charge < -0.3 is 18.6 Å². The number of nitrogens with zero attached hydrogens (tertiary/aromatic N) is 2. The van der Waals surface area contributed by atoms with E-state index in [1.54, 1.807) is 25.1 Å². The van der Waals surface area contributed by atoms with Gasteiger partial charge in [-0.25, -0.2) is 0 Å². The van der Waals surface area contributed by atoms with Crippen molar-refractivity contribution in [2.45, 2.75) is 39.2 Å². The van der Waals surface area contributed by atoms with Crippen LogP contribution < -0.4 is 4.74 Å². The summed E-state index contributed by atoms with van der Waals surface area (Å²) in [5.41, 5.74) is 3.51. The van der Waals surface area contributed by atoms with E-state index in [0.29, 0.717) is 23.6 Å². The molecule has 0 saturated heterocycles. The molecule has 1 aliphatic rings. The Labute approximate surface area is 151 Å². The number of carbonyl (C=O) groups excluding carboxylic acids is 1. The number of aromatic nitrogens is 1. The molecule has 0 saturated carbocycles. The summed E-state index contributed by atoms with van der Waals surface area (Å²) >= 11 is 0. The van der Waals surface area contributed by atoms with Crippen LogP contribution in [0.5, 0.6) is 5.75 Å². The highest BCUT2D eigenvalue weighted by molar-refractivity contribution is 5.99. The molecule has 0 atom stereocenters. The van der Waals surface area contributed by atoms with Gasteiger partial charge in [0.25, 0.3) is 5.91 Å². The van der Waals surface area contributed by atoms with Crippen LogP contribution in [0.4, 0.5) is 0 Å². The zero-order valence-electron chi connectivity index (χ0n) is 15.3. The average Bonchev–Trinajstić information content (AvgIpc) is 3.22. The molecule has 2 heterocycles. The standard InChI is InChI=1S/C20H22N2O4/c1-12-14-9-8-13(24-3)10-18(14)25-19(12)20(23)22(2)11-16-15-6-4-5-7-17(15)26-21-16/h8-10H,4-7,11H2,1-3H3. The van der Waals surface area contributed by atoms with E-state index >= 15 is 0 Å². The van der Waals surface area contributed by atoms with E-state index in [-0.39, 0.29) is 5.91 Å². The molecule has 6 nitrogen and oxygen atoms in total. The summed E-state index contributed by atoms with van der Waals surface area (Å²) in [5.74, 6) is 1.87. The lowest BCUT2D eigenvalue weighted by molar-refractivity contribution is 0.0751. The summed E-state index contributed by atoms with van der Waals surface area (Å²) in [6, 6.07) is 5.58. The van der Waals surface area contributed by atoms with Gasteiger partial charge >= 0.3 is 0 Å². The van der Waals surface area contributed by atoms with E-state index < -0.39 is 0 Å². The SMILES string of the molecule is COc1ccc2c(C)c(C(=O)N(C)Cc3noc4c3CCCC4)oc2c1. The molecule has 2 aromatic heterocycles. The summed E-state index contributed by atoms with van der Waals surface area (Å²) in [6.45, 7) is 2.31. The number of carbonyl (C=O) groups is 1. The van der Waals surface area contributed by atoms with Crippen LogP contribution in [-0.2, 0) is 19.4 Å². The number of hydrogen-bond donors (Lipinski definition) is 0. The summed E-state index contributed by atoms with van der Waals surface area (Å²) in [4.78, 5) is 14.6. The fraction of sp³-hybridized carbons (Fsp3) is 0.400. The second kappa shape index (κ2) is 6.52. The smallest absolute Gasteiger partial charge is 0.289 e. The first-order valence-electron chi connectivity index (χ1n) is 8.87. The Balaban J connectivity index is 1.60. The molecule has 1 aromatic carbocycles. The van der Waals surface area contributed by atoms with Crippen molar-refractivity contribution in [1.29, 1.82) is 0 Å². The predicted octanol–water partition coefficient (Wildman–Crippen LogP) is 3.89. The van der Waals surface area contributed by atoms with Crippen molar-refractivity contribution in [3.8, 4) is 5.75 Å². The molecule has 1 aliphatic carbocycles. The topological polar surface area (TPSA) is 68.7 Å². The fourth-order valence-corrected chi connectivity index (χ4v) is 3.58. The van der Waals surface area contributed by atoms with Crippen LogP contribution in [0.25, 0.3) is 11.0 Å². The lowest BCUT2D eigenvalue weighted by Gasteiger charge is -2.16. The minimum Gasteiger partial charge on any atom is -0.497 e. The van der Waals surface area contributed by atoms with Gasteiger partial charge in [-0.1, -0.05) is 5.16 Å². The van der Waals surface area contributed by atoms with Crippen molar-refractivity contribution < 1.29 is 18.5 Å². The van der Waals surface area contributed by atoms with E-state index in [1.807, 2.05) is 19.1 Å². The van der Waals surface area contributed by atoms with E-state index in [1.165, 1.54) is 5.56 Å². The van der Waals surface area contributed by atoms with Gasteiger partial charge in [-0.15, -0.1) is 0 Å². The van der Waals surface area contributed by atoms with E-state index in [0.717, 1.165) is 48.1 Å². The van der Waals surface area contributed by atoms with Gasteiger partial charge in [0.2, 0.25) is 0 Å². The van der Waals surface area contributed by atoms with Gasteiger partial charge in [0.05, 0.1) is 13.7 Å². The van der Waals surface area contributed by atoms with Crippen LogP contribution in [0, 0.1) is 6.92 Å². The zero-order valence-corrected chi connectivity index (χ0v) is 15.3. The largest absolute Gasteiger partial charge is 0.497 e. The Kier molecular flexibility index (Phi) is 4.18. The molecule has 6 heteroatoms. The zero-order chi connectivity index (χ0) is 18.3. The van der Waals surface area contributed by atoms with Gasteiger partial charge in [0.1, 0.15) is 22.8 Å². The summed E-state index contributed by atoms with van der Waals surface area (Å²) in [5, 5.41) is 5.10. The Morgan fingerprint density at radius 3 is 2.92 bits per heavy atom. The van der Waals surface area contributed by atoms with E-state index in [4.69, 9.17) is 13.7 Å². The molecule has 3 aromatic rings. The van der Waals surface area contributed by atoms with E-state index in [2.05, 4.69) is 5.16 Å². The summed E-state index contributed by atoms with van der Waals surface area (Å²) in [7, 11) is 3.37. The Morgan fingerprint density at radius 1 is 1.31 bits per heavy atom. The molecule has 136 valence electrons. The molecular formula is C20H22N2O4. The van der Waals surface area contributed by atoms with Crippen molar-refractivity contribution in [3.63, 3.8) is 0 Å². The third kappa shape index (κ3) is 2.75. The van der Waals surface area contributed by atoms with Gasteiger partial charge in [-0.05, 0) is 38.3 Å². The van der Waals surface area contributed by atoms with E-state index in [9.17, 15) is 4.79 Å². The maximum atomic E-state index is 12.9. The molecular weight excluding hydrogens is 332 g/mol. The van der Waals surface area contributed by atoms with Crippen LogP contribution in [-0.4, -0.2) is 30.1 Å². The number of fused-ring (bicyclic) bond motifs is 2. The van der Waals surface area contributed by atoms with Gasteiger partial charge in [0, 0.05) is 36.0 Å². The van der Waals surface area contributed by atoms with Crippen molar-refractivity contribution in [2.75, 3.05) is 14.2 Å². The minimum absolute atomic E-state index is 0.162. The molecule has 0 radical (unpaired) electrons. The molecule has 0 spiro atoms. The van der Waals surface area contributed by atoms with Crippen molar-refractivity contribution in [2.24, 2.45) is 0 Å². The number of ether oxygens (including phenoxy) is 1. The molecule has 4 rings (SSSR count). The maximum absolute atomic E-state index is 12.9. The fourth-order valence-electron chi connectivity index (χ4n) is 3.58. The monoisotopic (exact) mass is 354 g/mol. The number of rotatable bonds is 4. The number of methoxy groups -OCH3 is 1. The number of amides is 1. The number of hydrogen-bond acceptors (Lipinski definition) is 5. The third-order valence-electron chi connectivity index (χ3n) is 5.10. The maximum Gasteiger partial charge on any atom is 0.289 e. The molecule has 0 N–H and O–H groups in total. The normalized spacial score (nSPS) is 13.7. The van der Waals surface area contributed by atoms with Crippen molar-refractivity contribution in [3.05, 3.63) is 46.5 Å². The Morgan fingerprint density at radius 2 is 2.12 bits per heavy atom. The lowest BCUT2D eigenvalue weighted by atomic mass is 9.96. The molecule has 0 aliphatic heterocycles. The van der Waals surface area contributed by atoms with Gasteiger partial charge in [0.15, 0.2) is 5.76 Å². The molecule has 1 amide bonds. The summed E-state index contributed by atoms with van der Waals surface area (Å²) in [6.07, 6.45) is 4.19. The van der Waals surface area contributed by atoms with Crippen LogP contribution in [0.15, 0.2) is 27.1 Å². The van der Waals surface area contributed by atoms with Crippen LogP contribution in [0.3, 0.4) is 0 Å². The first kappa shape index (κ1) is 16.7. The third-order valence-corrected chi connectivity index (χ3v) is 5.10. The van der Waals surface area contributed by atoms with Crippen LogP contribution in [0.2, 0.25) is 0 Å². The average molecular weight is 354 g/mol. The summed E-state index contributed by atoms with van der Waals surface area (Å²) < 4.78 is 16.5. The molecule has 0 bridgehead atoms. The first-order chi connectivity index (χ1) is 12.6. The number of benzene rings is 1. The lowest BCUT2D eigenvalue weighted by Crippen LogP contribution is -2.27. The van der Waals surface area contributed by atoms with Gasteiger partial charge in [-0.3, -0.25) is 4.79 Å². The number of aryl methyl sites for hydroxylation is 2. The van der Waals surface area contributed by atoms with Crippen molar-refractivity contribution in [1.82, 2.24) is 10.1 Å². The highest BCUT2D eigenvalue weighted by Crippen LogP contribution is 2.30. The molecule has 0 unspecified atom stereocenters. The highest BCUT2D eigenvalue weighted by Gasteiger charge is 2.25. The second-order valence-corrected chi connectivity index (χ2v) is 6.82. The minimum atomic E-state index is -0.162. The van der Waals surface area contributed by atoms with Crippen molar-refractivity contribution >= 4 is 16.9 Å². The predicted molar refractivity (Wildman–Crippen MR) is 96.4 cm³/mol. The molecule has 26 heavy (non-hydrogen) atoms. The van der Waals surface area contributed by atoms with Crippen LogP contribution in [0.1, 0.15) is 46.0 Å². The quantitative estimate of drug-likeness (QED) is 0.711. The Hall–Kier alpha value is -2.76. The van der Waals surface area contributed by atoms with Gasteiger partial charge in [-0.2, -0.15) is 0 Å². The molecule has 0 fully saturated rings. The second-order valence-electron chi connectivity index (χ2n) is 6.82. The number of furan rings is 1. The first-order valence-corrected chi connectivity index (χ1v) is 8.87. The van der Waals surface area contributed by atoms with Crippen LogP contribution >= 0.6 is 0 Å². The highest BCUT2D eigenvalue weighted by atomic mass is 16.5. The Bertz CT molecular complexity index is 970.